The third kappa shape index (κ3) is 1.96. The number of rotatable bonds is 1. The highest BCUT2D eigenvalue weighted by Crippen LogP contribution is 2.32. The van der Waals surface area contributed by atoms with Crippen LogP contribution >= 0.6 is 0 Å². The summed E-state index contributed by atoms with van der Waals surface area (Å²) >= 11 is 0. The zero-order valence-corrected chi connectivity index (χ0v) is 8.04. The van der Waals surface area contributed by atoms with Crippen LogP contribution in [0, 0.1) is 17.8 Å². The second kappa shape index (κ2) is 3.70. The highest BCUT2D eigenvalue weighted by atomic mass is 19.4. The van der Waals surface area contributed by atoms with Crippen molar-refractivity contribution < 1.29 is 27.9 Å². The van der Waals surface area contributed by atoms with Gasteiger partial charge in [0.2, 0.25) is 0 Å². The Morgan fingerprint density at radius 1 is 1.44 bits per heavy atom. The summed E-state index contributed by atoms with van der Waals surface area (Å²) in [5.41, 5.74) is -1.69. The lowest BCUT2D eigenvalue weighted by molar-refractivity contribution is -0.184. The van der Waals surface area contributed by atoms with Gasteiger partial charge in [-0.05, 0) is 6.42 Å². The van der Waals surface area contributed by atoms with Crippen molar-refractivity contribution in [1.29, 1.82) is 0 Å². The minimum absolute atomic E-state index is 0.166. The monoisotopic (exact) mass is 235 g/mol. The predicted molar refractivity (Wildman–Crippen MR) is 46.2 cm³/mol. The Balaban J connectivity index is 2.85. The maximum absolute atomic E-state index is 12.1. The molecule has 0 spiro atoms. The third-order valence-electron chi connectivity index (χ3n) is 2.48. The smallest absolute Gasteiger partial charge is 0.471 e. The predicted octanol–water partition coefficient (Wildman–Crippen LogP) is 0.485. The first-order chi connectivity index (χ1) is 7.23. The minimum Gasteiger partial charge on any atom is -0.480 e. The van der Waals surface area contributed by atoms with Crippen LogP contribution in [0.15, 0.2) is 0 Å². The number of halogens is 3. The molecule has 0 aromatic rings. The van der Waals surface area contributed by atoms with Crippen LogP contribution in [0.3, 0.4) is 0 Å². The number of likely N-dealkylation sites (tertiary alicyclic amines) is 1. The van der Waals surface area contributed by atoms with Crippen molar-refractivity contribution >= 4 is 11.9 Å². The van der Waals surface area contributed by atoms with Crippen LogP contribution in [0.2, 0.25) is 0 Å². The van der Waals surface area contributed by atoms with E-state index in [0.29, 0.717) is 4.90 Å². The number of aliphatic carboxylic acids is 1. The Labute approximate surface area is 89.0 Å². The number of carboxylic acid groups (broad SMARTS) is 1. The van der Waals surface area contributed by atoms with Crippen LogP contribution < -0.4 is 0 Å². The van der Waals surface area contributed by atoms with Gasteiger partial charge in [-0.15, -0.1) is 6.42 Å². The van der Waals surface area contributed by atoms with E-state index in [1.807, 2.05) is 5.92 Å². The molecule has 0 aromatic heterocycles. The van der Waals surface area contributed by atoms with Gasteiger partial charge >= 0.3 is 18.1 Å². The minimum atomic E-state index is -5.00. The number of nitrogens with zero attached hydrogens (tertiary/aromatic N) is 1. The fourth-order valence-corrected chi connectivity index (χ4v) is 1.52. The molecule has 1 saturated heterocycles. The van der Waals surface area contributed by atoms with E-state index in [-0.39, 0.29) is 13.0 Å². The van der Waals surface area contributed by atoms with Gasteiger partial charge in [-0.2, -0.15) is 13.2 Å². The molecule has 0 bridgehead atoms. The molecule has 0 aromatic carbocycles. The van der Waals surface area contributed by atoms with E-state index in [0.717, 1.165) is 0 Å². The second-order valence-corrected chi connectivity index (χ2v) is 3.51. The molecular weight excluding hydrogens is 227 g/mol. The Hall–Kier alpha value is -1.71. The molecule has 1 atom stereocenters. The SMILES string of the molecule is C#CC1(C(=O)O)CCN(C(=O)C(F)(F)F)C1. The van der Waals surface area contributed by atoms with Crippen molar-refractivity contribution in [3.8, 4) is 12.3 Å². The van der Waals surface area contributed by atoms with Crippen LogP contribution in [-0.2, 0) is 9.59 Å². The van der Waals surface area contributed by atoms with Crippen molar-refractivity contribution in [3.05, 3.63) is 0 Å². The molecule has 0 aliphatic carbocycles. The van der Waals surface area contributed by atoms with Gasteiger partial charge in [-0.25, -0.2) is 0 Å². The van der Waals surface area contributed by atoms with Crippen molar-refractivity contribution in [2.75, 3.05) is 13.1 Å². The van der Waals surface area contributed by atoms with Crippen molar-refractivity contribution in [2.45, 2.75) is 12.6 Å². The summed E-state index contributed by atoms with van der Waals surface area (Å²) < 4.78 is 36.2. The highest BCUT2D eigenvalue weighted by Gasteiger charge is 2.51. The average Bonchev–Trinajstić information content (AvgIpc) is 2.60. The largest absolute Gasteiger partial charge is 0.480 e. The third-order valence-corrected chi connectivity index (χ3v) is 2.48. The number of hydrogen-bond donors (Lipinski definition) is 1. The molecule has 1 aliphatic rings. The van der Waals surface area contributed by atoms with E-state index in [2.05, 4.69) is 0 Å². The Kier molecular flexibility index (Phi) is 2.86. The lowest BCUT2D eigenvalue weighted by Gasteiger charge is -2.20. The molecule has 1 heterocycles. The normalized spacial score (nSPS) is 25.2. The topological polar surface area (TPSA) is 57.6 Å². The maximum Gasteiger partial charge on any atom is 0.471 e. The summed E-state index contributed by atoms with van der Waals surface area (Å²) in [6, 6.07) is 0. The standard InChI is InChI=1S/C9H8F3NO3/c1-2-8(7(15)16)3-4-13(5-8)6(14)9(10,11)12/h1H,3-5H2,(H,15,16). The molecule has 16 heavy (non-hydrogen) atoms. The number of alkyl halides is 3. The molecular formula is C9H8F3NO3. The zero-order chi connectivity index (χ0) is 12.6. The lowest BCUT2D eigenvalue weighted by atomic mass is 9.89. The quantitative estimate of drug-likeness (QED) is 0.673. The Morgan fingerprint density at radius 2 is 2.00 bits per heavy atom. The molecule has 1 fully saturated rings. The summed E-state index contributed by atoms with van der Waals surface area (Å²) in [7, 11) is 0. The molecule has 88 valence electrons. The van der Waals surface area contributed by atoms with Crippen LogP contribution in [0.1, 0.15) is 6.42 Å². The zero-order valence-electron chi connectivity index (χ0n) is 8.04. The number of carbonyl (C=O) groups excluding carboxylic acids is 1. The summed E-state index contributed by atoms with van der Waals surface area (Å²) in [6.07, 6.45) is -0.172. The van der Waals surface area contributed by atoms with Gasteiger partial charge in [0.05, 0.1) is 0 Å². The molecule has 1 unspecified atom stereocenters. The Bertz CT molecular complexity index is 371. The first kappa shape index (κ1) is 12.4. The average molecular weight is 235 g/mol. The summed E-state index contributed by atoms with van der Waals surface area (Å²) in [4.78, 5) is 22.1. The summed E-state index contributed by atoms with van der Waals surface area (Å²) in [5, 5.41) is 8.80. The molecule has 1 rings (SSSR count). The number of carbonyl (C=O) groups is 2. The molecule has 0 saturated carbocycles. The first-order valence-electron chi connectivity index (χ1n) is 4.30. The summed E-state index contributed by atoms with van der Waals surface area (Å²) in [6.45, 7) is -0.897. The van der Waals surface area contributed by atoms with Crippen molar-refractivity contribution in [3.63, 3.8) is 0 Å². The van der Waals surface area contributed by atoms with Gasteiger partial charge in [0, 0.05) is 13.1 Å². The van der Waals surface area contributed by atoms with Gasteiger partial charge in [0.25, 0.3) is 0 Å². The first-order valence-corrected chi connectivity index (χ1v) is 4.30. The van der Waals surface area contributed by atoms with Crippen LogP contribution in [0.5, 0.6) is 0 Å². The van der Waals surface area contributed by atoms with E-state index in [4.69, 9.17) is 11.5 Å². The van der Waals surface area contributed by atoms with E-state index in [1.165, 1.54) is 0 Å². The number of amides is 1. The molecule has 0 radical (unpaired) electrons. The fraction of sp³-hybridized carbons (Fsp3) is 0.556. The van der Waals surface area contributed by atoms with Gasteiger partial charge < -0.3 is 10.0 Å². The molecule has 7 heteroatoms. The number of terminal acetylenes is 1. The number of hydrogen-bond acceptors (Lipinski definition) is 2. The van der Waals surface area contributed by atoms with Gasteiger partial charge in [-0.3, -0.25) is 9.59 Å². The van der Waals surface area contributed by atoms with E-state index in [1.54, 1.807) is 0 Å². The van der Waals surface area contributed by atoms with Crippen molar-refractivity contribution in [2.24, 2.45) is 5.41 Å². The van der Waals surface area contributed by atoms with Gasteiger partial charge in [-0.1, -0.05) is 5.92 Å². The fourth-order valence-electron chi connectivity index (χ4n) is 1.52. The Morgan fingerprint density at radius 3 is 2.31 bits per heavy atom. The molecule has 4 nitrogen and oxygen atoms in total. The molecule has 1 aliphatic heterocycles. The van der Waals surface area contributed by atoms with Gasteiger partial charge in [0.15, 0.2) is 0 Å². The van der Waals surface area contributed by atoms with Crippen molar-refractivity contribution in [1.82, 2.24) is 4.90 Å². The van der Waals surface area contributed by atoms with Crippen LogP contribution in [-0.4, -0.2) is 41.1 Å². The maximum atomic E-state index is 12.1. The number of carboxylic acids is 1. The van der Waals surface area contributed by atoms with Crippen LogP contribution in [0.25, 0.3) is 0 Å². The lowest BCUT2D eigenvalue weighted by Crippen LogP contribution is -2.42. The highest BCUT2D eigenvalue weighted by molar-refractivity contribution is 5.85. The second-order valence-electron chi connectivity index (χ2n) is 3.51. The van der Waals surface area contributed by atoms with Gasteiger partial charge in [0.1, 0.15) is 5.41 Å². The molecule has 1 amide bonds. The van der Waals surface area contributed by atoms with Crippen LogP contribution in [0.4, 0.5) is 13.2 Å². The molecule has 1 N–H and O–H groups in total. The summed E-state index contributed by atoms with van der Waals surface area (Å²) in [5.74, 6) is -1.48. The van der Waals surface area contributed by atoms with E-state index < -0.39 is 30.0 Å². The van der Waals surface area contributed by atoms with E-state index >= 15 is 0 Å². The van der Waals surface area contributed by atoms with E-state index in [9.17, 15) is 22.8 Å².